The van der Waals surface area contributed by atoms with Crippen molar-refractivity contribution in [2.75, 3.05) is 0 Å². The SMILES string of the molecule is Clc1ccccc1-c1cccc2nc3ccccc3nc12. The van der Waals surface area contributed by atoms with Gasteiger partial charge in [-0.25, -0.2) is 9.97 Å². The minimum atomic E-state index is 0.722. The number of aromatic nitrogens is 2. The van der Waals surface area contributed by atoms with E-state index in [0.717, 1.165) is 38.2 Å². The topological polar surface area (TPSA) is 25.8 Å². The van der Waals surface area contributed by atoms with E-state index in [4.69, 9.17) is 16.6 Å². The lowest BCUT2D eigenvalue weighted by molar-refractivity contribution is 1.39. The zero-order chi connectivity index (χ0) is 14.2. The number of para-hydroxylation sites is 3. The van der Waals surface area contributed by atoms with Gasteiger partial charge < -0.3 is 0 Å². The molecule has 0 atom stereocenters. The largest absolute Gasteiger partial charge is 0.244 e. The molecule has 4 aromatic rings. The number of fused-ring (bicyclic) bond motifs is 2. The Morgan fingerprint density at radius 1 is 0.571 bits per heavy atom. The van der Waals surface area contributed by atoms with Gasteiger partial charge in [0.05, 0.1) is 22.1 Å². The summed E-state index contributed by atoms with van der Waals surface area (Å²) in [6, 6.07) is 21.7. The van der Waals surface area contributed by atoms with E-state index < -0.39 is 0 Å². The molecular weight excluding hydrogens is 280 g/mol. The molecule has 0 fully saturated rings. The number of rotatable bonds is 1. The number of benzene rings is 3. The molecule has 0 aliphatic heterocycles. The first-order chi connectivity index (χ1) is 10.3. The smallest absolute Gasteiger partial charge is 0.0973 e. The van der Waals surface area contributed by atoms with E-state index in [0.29, 0.717) is 0 Å². The van der Waals surface area contributed by atoms with Crippen LogP contribution in [0.4, 0.5) is 0 Å². The average molecular weight is 291 g/mol. The second kappa shape index (κ2) is 4.83. The Morgan fingerprint density at radius 2 is 1.19 bits per heavy atom. The van der Waals surface area contributed by atoms with Gasteiger partial charge in [-0.2, -0.15) is 0 Å². The maximum Gasteiger partial charge on any atom is 0.0973 e. The Hall–Kier alpha value is -2.45. The molecule has 3 heteroatoms. The first-order valence-corrected chi connectivity index (χ1v) is 7.11. The van der Waals surface area contributed by atoms with Gasteiger partial charge in [-0.15, -0.1) is 0 Å². The van der Waals surface area contributed by atoms with E-state index in [2.05, 4.69) is 4.98 Å². The Balaban J connectivity index is 2.10. The van der Waals surface area contributed by atoms with Crippen molar-refractivity contribution in [3.8, 4) is 11.1 Å². The minimum Gasteiger partial charge on any atom is -0.244 e. The van der Waals surface area contributed by atoms with E-state index in [9.17, 15) is 0 Å². The van der Waals surface area contributed by atoms with Crippen molar-refractivity contribution in [2.45, 2.75) is 0 Å². The van der Waals surface area contributed by atoms with Crippen LogP contribution in [0.3, 0.4) is 0 Å². The van der Waals surface area contributed by atoms with Crippen LogP contribution >= 0.6 is 11.6 Å². The molecule has 0 spiro atoms. The van der Waals surface area contributed by atoms with Gasteiger partial charge in [-0.05, 0) is 24.3 Å². The van der Waals surface area contributed by atoms with Crippen LogP contribution in [0.1, 0.15) is 0 Å². The molecular formula is C18H11ClN2. The van der Waals surface area contributed by atoms with Crippen LogP contribution in [0.15, 0.2) is 66.7 Å². The summed E-state index contributed by atoms with van der Waals surface area (Å²) in [5.74, 6) is 0. The van der Waals surface area contributed by atoms with Gasteiger partial charge in [0.25, 0.3) is 0 Å². The average Bonchev–Trinajstić information content (AvgIpc) is 2.53. The predicted molar refractivity (Wildman–Crippen MR) is 87.5 cm³/mol. The molecule has 0 radical (unpaired) electrons. The van der Waals surface area contributed by atoms with Crippen LogP contribution in [0.2, 0.25) is 5.02 Å². The third kappa shape index (κ3) is 2.05. The summed E-state index contributed by atoms with van der Waals surface area (Å²) in [5.41, 5.74) is 5.55. The van der Waals surface area contributed by atoms with E-state index in [1.54, 1.807) is 0 Å². The normalized spacial score (nSPS) is 11.1. The summed E-state index contributed by atoms with van der Waals surface area (Å²) >= 11 is 6.33. The van der Waals surface area contributed by atoms with Gasteiger partial charge in [0.2, 0.25) is 0 Å². The molecule has 0 amide bonds. The lowest BCUT2D eigenvalue weighted by atomic mass is 10.0. The summed E-state index contributed by atoms with van der Waals surface area (Å²) in [5, 5.41) is 0.722. The van der Waals surface area contributed by atoms with Crippen LogP contribution in [0, 0.1) is 0 Å². The first kappa shape index (κ1) is 12.3. The molecule has 4 rings (SSSR count). The third-order valence-electron chi connectivity index (χ3n) is 3.53. The number of hydrogen-bond acceptors (Lipinski definition) is 2. The molecule has 21 heavy (non-hydrogen) atoms. The highest BCUT2D eigenvalue weighted by Gasteiger charge is 2.10. The van der Waals surface area contributed by atoms with E-state index in [1.807, 2.05) is 66.7 Å². The van der Waals surface area contributed by atoms with Crippen molar-refractivity contribution in [1.29, 1.82) is 0 Å². The van der Waals surface area contributed by atoms with E-state index >= 15 is 0 Å². The Labute approximate surface area is 127 Å². The predicted octanol–water partition coefficient (Wildman–Crippen LogP) is 5.10. The summed E-state index contributed by atoms with van der Waals surface area (Å²) in [6.45, 7) is 0. The van der Waals surface area contributed by atoms with Gasteiger partial charge in [-0.3, -0.25) is 0 Å². The lowest BCUT2D eigenvalue weighted by Gasteiger charge is -2.08. The fraction of sp³-hybridized carbons (Fsp3) is 0. The highest BCUT2D eigenvalue weighted by molar-refractivity contribution is 6.33. The van der Waals surface area contributed by atoms with Crippen molar-refractivity contribution in [2.24, 2.45) is 0 Å². The number of nitrogens with zero attached hydrogens (tertiary/aromatic N) is 2. The molecule has 0 aliphatic rings. The monoisotopic (exact) mass is 290 g/mol. The van der Waals surface area contributed by atoms with Crippen LogP contribution in [-0.2, 0) is 0 Å². The van der Waals surface area contributed by atoms with Gasteiger partial charge in [0.15, 0.2) is 0 Å². The summed E-state index contributed by atoms with van der Waals surface area (Å²) < 4.78 is 0. The fourth-order valence-electron chi connectivity index (χ4n) is 2.54. The van der Waals surface area contributed by atoms with Gasteiger partial charge >= 0.3 is 0 Å². The van der Waals surface area contributed by atoms with Crippen molar-refractivity contribution in [3.05, 3.63) is 71.8 Å². The highest BCUT2D eigenvalue weighted by Crippen LogP contribution is 2.32. The molecule has 0 bridgehead atoms. The molecule has 1 aromatic heterocycles. The minimum absolute atomic E-state index is 0.722. The van der Waals surface area contributed by atoms with Crippen molar-refractivity contribution >= 4 is 33.7 Å². The van der Waals surface area contributed by atoms with E-state index in [-0.39, 0.29) is 0 Å². The molecule has 0 aliphatic carbocycles. The summed E-state index contributed by atoms with van der Waals surface area (Å²) in [7, 11) is 0. The van der Waals surface area contributed by atoms with Crippen molar-refractivity contribution < 1.29 is 0 Å². The number of halogens is 1. The maximum atomic E-state index is 6.33. The molecule has 1 heterocycles. The third-order valence-corrected chi connectivity index (χ3v) is 3.86. The van der Waals surface area contributed by atoms with Crippen LogP contribution in [-0.4, -0.2) is 9.97 Å². The second-order valence-corrected chi connectivity index (χ2v) is 5.27. The Morgan fingerprint density at radius 3 is 2.00 bits per heavy atom. The van der Waals surface area contributed by atoms with Crippen molar-refractivity contribution in [1.82, 2.24) is 9.97 Å². The standard InChI is InChI=1S/C18H11ClN2/c19-14-8-2-1-6-12(14)13-7-5-11-17-18(13)21-16-10-4-3-9-15(16)20-17/h1-11H. The zero-order valence-electron chi connectivity index (χ0n) is 11.1. The molecule has 100 valence electrons. The van der Waals surface area contributed by atoms with Crippen LogP contribution in [0.5, 0.6) is 0 Å². The van der Waals surface area contributed by atoms with Gasteiger partial charge in [0, 0.05) is 16.1 Å². The zero-order valence-corrected chi connectivity index (χ0v) is 11.9. The van der Waals surface area contributed by atoms with E-state index in [1.165, 1.54) is 0 Å². The summed E-state index contributed by atoms with van der Waals surface area (Å²) in [6.07, 6.45) is 0. The van der Waals surface area contributed by atoms with Crippen LogP contribution in [0.25, 0.3) is 33.2 Å². The lowest BCUT2D eigenvalue weighted by Crippen LogP contribution is -1.90. The molecule has 0 unspecified atom stereocenters. The molecule has 0 N–H and O–H groups in total. The Kier molecular flexibility index (Phi) is 2.83. The van der Waals surface area contributed by atoms with Gasteiger partial charge in [-0.1, -0.05) is 54.1 Å². The molecule has 2 nitrogen and oxygen atoms in total. The fourth-order valence-corrected chi connectivity index (χ4v) is 2.78. The first-order valence-electron chi connectivity index (χ1n) is 6.73. The number of hydrogen-bond donors (Lipinski definition) is 0. The highest BCUT2D eigenvalue weighted by atomic mass is 35.5. The van der Waals surface area contributed by atoms with Crippen LogP contribution < -0.4 is 0 Å². The van der Waals surface area contributed by atoms with Gasteiger partial charge in [0.1, 0.15) is 0 Å². The second-order valence-electron chi connectivity index (χ2n) is 4.87. The molecule has 0 saturated carbocycles. The maximum absolute atomic E-state index is 6.33. The Bertz CT molecular complexity index is 963. The molecule has 0 saturated heterocycles. The quantitative estimate of drug-likeness (QED) is 0.456. The molecule has 3 aromatic carbocycles. The summed E-state index contributed by atoms with van der Waals surface area (Å²) in [4.78, 5) is 9.46. The van der Waals surface area contributed by atoms with Crippen molar-refractivity contribution in [3.63, 3.8) is 0 Å².